The van der Waals surface area contributed by atoms with Crippen LogP contribution in [0, 0.1) is 13.8 Å². The Hall–Kier alpha value is -3.31. The van der Waals surface area contributed by atoms with Gasteiger partial charge >= 0.3 is 0 Å². The molecule has 0 aromatic carbocycles. The lowest BCUT2D eigenvalue weighted by Gasteiger charge is -2.34. The Labute approximate surface area is 193 Å². The fourth-order valence-corrected chi connectivity index (χ4v) is 5.26. The normalized spacial score (nSPS) is 15.1. The molecule has 0 unspecified atom stereocenters. The second kappa shape index (κ2) is 8.23. The summed E-state index contributed by atoms with van der Waals surface area (Å²) in [5.74, 6) is 0.0331. The topological polar surface area (TPSA) is 109 Å². The zero-order valence-electron chi connectivity index (χ0n) is 18.8. The van der Waals surface area contributed by atoms with Gasteiger partial charge in [-0.05, 0) is 25.0 Å². The Morgan fingerprint density at radius 1 is 1.15 bits per heavy atom. The molecule has 10 nitrogen and oxygen atoms in total. The van der Waals surface area contributed by atoms with E-state index in [0.717, 1.165) is 22.5 Å². The summed E-state index contributed by atoms with van der Waals surface area (Å²) in [5.41, 5.74) is 3.50. The Morgan fingerprint density at radius 3 is 2.67 bits per heavy atom. The van der Waals surface area contributed by atoms with Crippen molar-refractivity contribution in [3.05, 3.63) is 60.9 Å². The largest absolute Gasteiger partial charge is 0.340 e. The van der Waals surface area contributed by atoms with Gasteiger partial charge in [0.25, 0.3) is 11.1 Å². The highest BCUT2D eigenvalue weighted by atomic mass is 32.1. The lowest BCUT2D eigenvalue weighted by molar-refractivity contribution is -0.132. The number of fused-ring (bicyclic) bond motifs is 2. The fourth-order valence-electron chi connectivity index (χ4n) is 4.52. The molecule has 5 rings (SSSR count). The first kappa shape index (κ1) is 21.5. The lowest BCUT2D eigenvalue weighted by Crippen LogP contribution is -2.49. The molecule has 33 heavy (non-hydrogen) atoms. The van der Waals surface area contributed by atoms with E-state index in [-0.39, 0.29) is 23.4 Å². The van der Waals surface area contributed by atoms with E-state index in [2.05, 4.69) is 20.0 Å². The van der Waals surface area contributed by atoms with Gasteiger partial charge in [0.1, 0.15) is 0 Å². The number of aryl methyl sites for hydroxylation is 3. The Bertz CT molecular complexity index is 1490. The zero-order valence-corrected chi connectivity index (χ0v) is 19.6. The number of rotatable bonds is 4. The second-order valence-electron chi connectivity index (χ2n) is 8.47. The van der Waals surface area contributed by atoms with Crippen LogP contribution in [0.5, 0.6) is 0 Å². The van der Waals surface area contributed by atoms with E-state index >= 15 is 0 Å². The Balaban J connectivity index is 1.26. The SMILES string of the molecule is Cc1nc2c(c(C)c1CC(=O)N1CCN(Cc3cc(=O)n4ccsc4n3)CC1)c(=O)[nH]n2C. The van der Waals surface area contributed by atoms with Crippen molar-refractivity contribution in [2.24, 2.45) is 7.05 Å². The number of aromatic nitrogens is 5. The van der Waals surface area contributed by atoms with Gasteiger partial charge in [-0.25, -0.2) is 9.97 Å². The Morgan fingerprint density at radius 2 is 1.91 bits per heavy atom. The van der Waals surface area contributed by atoms with Crippen molar-refractivity contribution in [3.63, 3.8) is 0 Å². The molecule has 0 saturated carbocycles. The Kier molecular flexibility index (Phi) is 5.37. The van der Waals surface area contributed by atoms with Crippen molar-refractivity contribution < 1.29 is 4.79 Å². The molecule has 1 aliphatic heterocycles. The number of piperazine rings is 1. The molecule has 0 bridgehead atoms. The number of carbonyl (C=O) groups excluding carboxylic acids is 1. The number of carbonyl (C=O) groups is 1. The number of hydrogen-bond donors (Lipinski definition) is 1. The summed E-state index contributed by atoms with van der Waals surface area (Å²) in [4.78, 5) is 51.5. The molecule has 5 heterocycles. The lowest BCUT2D eigenvalue weighted by atomic mass is 10.0. The van der Waals surface area contributed by atoms with Gasteiger partial charge in [0.2, 0.25) is 5.91 Å². The summed E-state index contributed by atoms with van der Waals surface area (Å²) < 4.78 is 3.16. The van der Waals surface area contributed by atoms with Crippen molar-refractivity contribution in [1.82, 2.24) is 33.9 Å². The minimum atomic E-state index is -0.186. The average molecular weight is 468 g/mol. The minimum absolute atomic E-state index is 0.0331. The number of H-pyrrole nitrogens is 1. The van der Waals surface area contributed by atoms with Gasteiger partial charge in [0, 0.05) is 63.1 Å². The van der Waals surface area contributed by atoms with Gasteiger partial charge in [-0.15, -0.1) is 11.3 Å². The molecule has 172 valence electrons. The van der Waals surface area contributed by atoms with Crippen molar-refractivity contribution in [2.75, 3.05) is 26.2 Å². The average Bonchev–Trinajstić information content (AvgIpc) is 3.36. The fraction of sp³-hybridized carbons (Fsp3) is 0.409. The van der Waals surface area contributed by atoms with Crippen molar-refractivity contribution in [3.8, 4) is 0 Å². The van der Waals surface area contributed by atoms with Crippen LogP contribution in [0.4, 0.5) is 0 Å². The molecule has 4 aromatic heterocycles. The van der Waals surface area contributed by atoms with Gasteiger partial charge in [0.05, 0.1) is 17.5 Å². The number of nitrogens with zero attached hydrogens (tertiary/aromatic N) is 6. The molecule has 0 spiro atoms. The zero-order chi connectivity index (χ0) is 23.3. The first-order valence-electron chi connectivity index (χ1n) is 10.8. The van der Waals surface area contributed by atoms with E-state index in [1.54, 1.807) is 28.4 Å². The van der Waals surface area contributed by atoms with E-state index in [0.29, 0.717) is 48.7 Å². The van der Waals surface area contributed by atoms with Crippen molar-refractivity contribution >= 4 is 33.2 Å². The number of amides is 1. The molecule has 4 aromatic rings. The van der Waals surface area contributed by atoms with E-state index in [9.17, 15) is 14.4 Å². The van der Waals surface area contributed by atoms with Crippen LogP contribution < -0.4 is 11.1 Å². The molecule has 0 radical (unpaired) electrons. The number of hydrogen-bond acceptors (Lipinski definition) is 7. The summed E-state index contributed by atoms with van der Waals surface area (Å²) in [5, 5.41) is 5.13. The van der Waals surface area contributed by atoms with Crippen LogP contribution >= 0.6 is 11.3 Å². The van der Waals surface area contributed by atoms with Gasteiger partial charge in [-0.1, -0.05) is 0 Å². The van der Waals surface area contributed by atoms with E-state index in [4.69, 9.17) is 0 Å². The third-order valence-corrected chi connectivity index (χ3v) is 7.13. The van der Waals surface area contributed by atoms with Crippen LogP contribution in [0.1, 0.15) is 22.5 Å². The number of aromatic amines is 1. The molecular weight excluding hydrogens is 442 g/mol. The number of pyridine rings is 1. The van der Waals surface area contributed by atoms with Gasteiger partial charge in [-0.3, -0.25) is 33.5 Å². The van der Waals surface area contributed by atoms with Crippen molar-refractivity contribution in [1.29, 1.82) is 0 Å². The summed E-state index contributed by atoms with van der Waals surface area (Å²) in [7, 11) is 1.75. The molecule has 0 atom stereocenters. The first-order chi connectivity index (χ1) is 15.8. The summed E-state index contributed by atoms with van der Waals surface area (Å²) in [6, 6.07) is 1.58. The van der Waals surface area contributed by atoms with Crippen LogP contribution in [-0.4, -0.2) is 66.0 Å². The number of thiazole rings is 1. The first-order valence-corrected chi connectivity index (χ1v) is 11.7. The maximum atomic E-state index is 13.1. The predicted molar refractivity (Wildman–Crippen MR) is 126 cm³/mol. The van der Waals surface area contributed by atoms with Gasteiger partial charge < -0.3 is 4.90 Å². The summed E-state index contributed by atoms with van der Waals surface area (Å²) in [6.07, 6.45) is 1.95. The summed E-state index contributed by atoms with van der Waals surface area (Å²) >= 11 is 1.44. The maximum absolute atomic E-state index is 13.1. The molecule has 1 aliphatic rings. The molecule has 0 aliphatic carbocycles. The molecule has 1 saturated heterocycles. The minimum Gasteiger partial charge on any atom is -0.340 e. The third kappa shape index (κ3) is 3.87. The van der Waals surface area contributed by atoms with Crippen LogP contribution in [0.25, 0.3) is 16.0 Å². The highest BCUT2D eigenvalue weighted by Gasteiger charge is 2.24. The van der Waals surface area contributed by atoms with E-state index in [1.165, 1.54) is 11.3 Å². The smallest absolute Gasteiger partial charge is 0.273 e. The third-order valence-electron chi connectivity index (χ3n) is 6.37. The van der Waals surface area contributed by atoms with E-state index in [1.807, 2.05) is 24.1 Å². The molecule has 1 fully saturated rings. The quantitative estimate of drug-likeness (QED) is 0.476. The molecule has 1 N–H and O–H groups in total. The van der Waals surface area contributed by atoms with Gasteiger partial charge in [0.15, 0.2) is 10.6 Å². The molecule has 11 heteroatoms. The standard InChI is InChI=1S/C22H25N7O3S/c1-13-16(14(2)23-20-19(13)21(32)25-26(20)3)11-17(30)28-6-4-27(5-7-28)12-15-10-18(31)29-8-9-33-22(29)24-15/h8-10H,4-7,11-12H2,1-3H3,(H,25,32). The number of nitrogens with one attached hydrogen (secondary N) is 1. The predicted octanol–water partition coefficient (Wildman–Crippen LogP) is 0.835. The van der Waals surface area contributed by atoms with Crippen molar-refractivity contribution in [2.45, 2.75) is 26.8 Å². The molecule has 1 amide bonds. The van der Waals surface area contributed by atoms with Crippen LogP contribution in [0.15, 0.2) is 27.2 Å². The van der Waals surface area contributed by atoms with Gasteiger partial charge in [-0.2, -0.15) is 0 Å². The van der Waals surface area contributed by atoms with E-state index < -0.39 is 0 Å². The van der Waals surface area contributed by atoms with Crippen LogP contribution in [0.2, 0.25) is 0 Å². The monoisotopic (exact) mass is 467 g/mol. The maximum Gasteiger partial charge on any atom is 0.273 e. The highest BCUT2D eigenvalue weighted by Crippen LogP contribution is 2.21. The van der Waals surface area contributed by atoms with Crippen LogP contribution in [0.3, 0.4) is 0 Å². The van der Waals surface area contributed by atoms with Crippen LogP contribution in [-0.2, 0) is 24.8 Å². The highest BCUT2D eigenvalue weighted by molar-refractivity contribution is 7.15. The molecular formula is C22H25N7O3S. The summed E-state index contributed by atoms with van der Waals surface area (Å²) in [6.45, 7) is 6.99. The second-order valence-corrected chi connectivity index (χ2v) is 9.35.